The highest BCUT2D eigenvalue weighted by molar-refractivity contribution is 5.80. The first-order valence-corrected chi connectivity index (χ1v) is 9.27. The van der Waals surface area contributed by atoms with Crippen LogP contribution in [0, 0.1) is 5.92 Å². The molecule has 1 aliphatic heterocycles. The molecule has 5 nitrogen and oxygen atoms in total. The molecule has 3 atom stereocenters. The topological polar surface area (TPSA) is 59.0 Å². The van der Waals surface area contributed by atoms with E-state index >= 15 is 0 Å². The fourth-order valence-electron chi connectivity index (χ4n) is 4.36. The lowest BCUT2D eigenvalue weighted by Gasteiger charge is -2.26. The first-order chi connectivity index (χ1) is 12.2. The SMILES string of the molecule is Cn1cc([C@H]2CNC[C@@H]2C(=O)NCC2CCCc3ccccc32)cn1. The van der Waals surface area contributed by atoms with E-state index in [2.05, 4.69) is 40.0 Å². The maximum Gasteiger partial charge on any atom is 0.225 e. The summed E-state index contributed by atoms with van der Waals surface area (Å²) in [6.07, 6.45) is 7.44. The smallest absolute Gasteiger partial charge is 0.225 e. The zero-order chi connectivity index (χ0) is 17.2. The summed E-state index contributed by atoms with van der Waals surface area (Å²) >= 11 is 0. The van der Waals surface area contributed by atoms with Crippen molar-refractivity contribution in [3.63, 3.8) is 0 Å². The molecule has 0 spiro atoms. The van der Waals surface area contributed by atoms with E-state index in [1.165, 1.54) is 17.5 Å². The molecular formula is C20H26N4O. The maximum absolute atomic E-state index is 12.8. The molecule has 0 bridgehead atoms. The second-order valence-electron chi connectivity index (χ2n) is 7.35. The van der Waals surface area contributed by atoms with Gasteiger partial charge in [-0.1, -0.05) is 24.3 Å². The summed E-state index contributed by atoms with van der Waals surface area (Å²) in [4.78, 5) is 12.8. The van der Waals surface area contributed by atoms with E-state index in [4.69, 9.17) is 0 Å². The lowest BCUT2D eigenvalue weighted by Crippen LogP contribution is -2.37. The second kappa shape index (κ2) is 7.00. The van der Waals surface area contributed by atoms with Crippen LogP contribution in [0.2, 0.25) is 0 Å². The predicted octanol–water partition coefficient (Wildman–Crippen LogP) is 1.96. The summed E-state index contributed by atoms with van der Waals surface area (Å²) in [6.45, 7) is 2.33. The second-order valence-corrected chi connectivity index (χ2v) is 7.35. The number of carbonyl (C=O) groups is 1. The van der Waals surface area contributed by atoms with Gasteiger partial charge < -0.3 is 10.6 Å². The minimum Gasteiger partial charge on any atom is -0.355 e. The lowest BCUT2D eigenvalue weighted by atomic mass is 9.82. The number of nitrogens with one attached hydrogen (secondary N) is 2. The third kappa shape index (κ3) is 3.33. The van der Waals surface area contributed by atoms with Crippen molar-refractivity contribution >= 4 is 5.91 Å². The molecule has 1 aliphatic carbocycles. The number of rotatable bonds is 4. The molecule has 25 heavy (non-hydrogen) atoms. The number of aryl methyl sites for hydroxylation is 2. The molecule has 2 aromatic rings. The lowest BCUT2D eigenvalue weighted by molar-refractivity contribution is -0.124. The zero-order valence-corrected chi connectivity index (χ0v) is 14.7. The van der Waals surface area contributed by atoms with Gasteiger partial charge in [0, 0.05) is 44.7 Å². The van der Waals surface area contributed by atoms with E-state index in [1.54, 1.807) is 0 Å². The van der Waals surface area contributed by atoms with Gasteiger partial charge in [-0.25, -0.2) is 0 Å². The molecule has 1 aromatic heterocycles. The van der Waals surface area contributed by atoms with Crippen LogP contribution >= 0.6 is 0 Å². The highest BCUT2D eigenvalue weighted by Crippen LogP contribution is 2.32. The maximum atomic E-state index is 12.8. The summed E-state index contributed by atoms with van der Waals surface area (Å²) in [5.74, 6) is 0.817. The van der Waals surface area contributed by atoms with Gasteiger partial charge >= 0.3 is 0 Å². The van der Waals surface area contributed by atoms with Crippen LogP contribution in [0.1, 0.15) is 41.4 Å². The normalized spacial score (nSPS) is 25.6. The molecule has 2 N–H and O–H groups in total. The summed E-state index contributed by atoms with van der Waals surface area (Å²) in [5, 5.41) is 10.9. The van der Waals surface area contributed by atoms with Gasteiger partial charge in [0.15, 0.2) is 0 Å². The number of fused-ring (bicyclic) bond motifs is 1. The van der Waals surface area contributed by atoms with Crippen molar-refractivity contribution in [3.05, 3.63) is 53.3 Å². The molecule has 0 radical (unpaired) electrons. The Morgan fingerprint density at radius 3 is 3.08 bits per heavy atom. The van der Waals surface area contributed by atoms with E-state index in [0.717, 1.165) is 38.0 Å². The molecule has 1 aromatic carbocycles. The average Bonchev–Trinajstić information content (AvgIpc) is 3.28. The highest BCUT2D eigenvalue weighted by atomic mass is 16.1. The van der Waals surface area contributed by atoms with Crippen molar-refractivity contribution in [1.82, 2.24) is 20.4 Å². The first-order valence-electron chi connectivity index (χ1n) is 9.27. The Morgan fingerprint density at radius 1 is 1.36 bits per heavy atom. The minimum atomic E-state index is -0.0111. The number of amides is 1. The summed E-state index contributed by atoms with van der Waals surface area (Å²) in [5.41, 5.74) is 4.02. The summed E-state index contributed by atoms with van der Waals surface area (Å²) in [7, 11) is 1.92. The van der Waals surface area contributed by atoms with Crippen LogP contribution in [-0.4, -0.2) is 35.3 Å². The molecule has 1 saturated heterocycles. The quantitative estimate of drug-likeness (QED) is 0.896. The van der Waals surface area contributed by atoms with Gasteiger partial charge in [0.2, 0.25) is 5.91 Å². The van der Waals surface area contributed by atoms with E-state index in [9.17, 15) is 4.79 Å². The standard InChI is InChI=1S/C20H26N4O/c1-24-13-16(10-23-24)18-11-21-12-19(18)20(25)22-9-15-7-4-6-14-5-2-3-8-17(14)15/h2-3,5,8,10,13,15,18-19,21H,4,6-7,9,11-12H2,1H3,(H,22,25)/t15?,18-,19+/m1/s1. The van der Waals surface area contributed by atoms with Crippen LogP contribution in [-0.2, 0) is 18.3 Å². The number of carbonyl (C=O) groups excluding carboxylic acids is 1. The molecule has 1 amide bonds. The van der Waals surface area contributed by atoms with Crippen molar-refractivity contribution < 1.29 is 4.79 Å². The predicted molar refractivity (Wildman–Crippen MR) is 97.4 cm³/mol. The Balaban J connectivity index is 1.41. The monoisotopic (exact) mass is 338 g/mol. The van der Waals surface area contributed by atoms with Gasteiger partial charge in [-0.05, 0) is 36.0 Å². The van der Waals surface area contributed by atoms with E-state index in [-0.39, 0.29) is 17.7 Å². The van der Waals surface area contributed by atoms with Gasteiger partial charge in [-0.3, -0.25) is 9.48 Å². The number of hydrogen-bond donors (Lipinski definition) is 2. The molecule has 0 saturated carbocycles. The van der Waals surface area contributed by atoms with Gasteiger partial charge in [-0.15, -0.1) is 0 Å². The van der Waals surface area contributed by atoms with Crippen LogP contribution < -0.4 is 10.6 Å². The molecule has 1 unspecified atom stereocenters. The largest absolute Gasteiger partial charge is 0.355 e. The number of nitrogens with zero attached hydrogens (tertiary/aromatic N) is 2. The van der Waals surface area contributed by atoms with Crippen LogP contribution in [0.25, 0.3) is 0 Å². The van der Waals surface area contributed by atoms with E-state index in [1.807, 2.05) is 24.1 Å². The number of benzene rings is 1. The fourth-order valence-corrected chi connectivity index (χ4v) is 4.36. The molecule has 5 heteroatoms. The van der Waals surface area contributed by atoms with Gasteiger partial charge in [-0.2, -0.15) is 5.10 Å². The van der Waals surface area contributed by atoms with E-state index < -0.39 is 0 Å². The Kier molecular flexibility index (Phi) is 4.57. The van der Waals surface area contributed by atoms with Crippen molar-refractivity contribution in [2.75, 3.05) is 19.6 Å². The van der Waals surface area contributed by atoms with Gasteiger partial charge in [0.05, 0.1) is 12.1 Å². The molecule has 2 aliphatic rings. The Morgan fingerprint density at radius 2 is 2.24 bits per heavy atom. The van der Waals surface area contributed by atoms with Crippen molar-refractivity contribution in [1.29, 1.82) is 0 Å². The third-order valence-electron chi connectivity index (χ3n) is 5.72. The fraction of sp³-hybridized carbons (Fsp3) is 0.500. The van der Waals surface area contributed by atoms with Crippen molar-refractivity contribution in [2.24, 2.45) is 13.0 Å². The van der Waals surface area contributed by atoms with Crippen LogP contribution in [0.4, 0.5) is 0 Å². The van der Waals surface area contributed by atoms with Gasteiger partial charge in [0.25, 0.3) is 0 Å². The molecule has 132 valence electrons. The minimum absolute atomic E-state index is 0.0111. The number of hydrogen-bond acceptors (Lipinski definition) is 3. The Bertz CT molecular complexity index is 754. The van der Waals surface area contributed by atoms with Crippen LogP contribution in [0.3, 0.4) is 0 Å². The number of aromatic nitrogens is 2. The van der Waals surface area contributed by atoms with Crippen LogP contribution in [0.5, 0.6) is 0 Å². The van der Waals surface area contributed by atoms with Crippen molar-refractivity contribution in [3.8, 4) is 0 Å². The zero-order valence-electron chi connectivity index (χ0n) is 14.7. The van der Waals surface area contributed by atoms with E-state index in [0.29, 0.717) is 5.92 Å². The average molecular weight is 338 g/mol. The van der Waals surface area contributed by atoms with Gasteiger partial charge in [0.1, 0.15) is 0 Å². The Labute approximate surface area is 148 Å². The molecule has 1 fully saturated rings. The molecular weight excluding hydrogens is 312 g/mol. The Hall–Kier alpha value is -2.14. The van der Waals surface area contributed by atoms with Crippen LogP contribution in [0.15, 0.2) is 36.7 Å². The molecule has 4 rings (SSSR count). The highest BCUT2D eigenvalue weighted by Gasteiger charge is 2.35. The third-order valence-corrected chi connectivity index (χ3v) is 5.72. The first kappa shape index (κ1) is 16.3. The molecule has 2 heterocycles. The summed E-state index contributed by atoms with van der Waals surface area (Å²) in [6, 6.07) is 8.67. The summed E-state index contributed by atoms with van der Waals surface area (Å²) < 4.78 is 1.81. The van der Waals surface area contributed by atoms with Crippen molar-refractivity contribution in [2.45, 2.75) is 31.1 Å².